The van der Waals surface area contributed by atoms with Gasteiger partial charge in [-0.05, 0) is 81.3 Å². The smallest absolute Gasteiger partial charge is 0.303 e. The average Bonchev–Trinajstić information content (AvgIpc) is 3.67. The fourth-order valence-electron chi connectivity index (χ4n) is 7.57. The Hall–Kier alpha value is -3.19. The van der Waals surface area contributed by atoms with Crippen molar-refractivity contribution in [3.05, 3.63) is 65.5 Å². The van der Waals surface area contributed by atoms with E-state index in [1.807, 2.05) is 36.1 Å². The SMILES string of the molecule is C=CCCN(C/C(=C\C(C)/C=C(\C)OC)C(=O)N1CCOC(CN2CCCC2)C1)c1cc(C(=O)NS(=O)(=O)N(C)C)ccc1CC(CCC)CCCCCC. The van der Waals surface area contributed by atoms with E-state index in [4.69, 9.17) is 9.47 Å². The van der Waals surface area contributed by atoms with Gasteiger partial charge < -0.3 is 24.2 Å². The molecule has 3 atom stereocenters. The monoisotopic (exact) mass is 786 g/mol. The Morgan fingerprint density at radius 1 is 1.07 bits per heavy atom. The van der Waals surface area contributed by atoms with Crippen molar-refractivity contribution in [2.24, 2.45) is 11.8 Å². The topological polar surface area (TPSA) is 112 Å². The molecule has 1 aromatic carbocycles. The number of anilines is 1. The second-order valence-corrected chi connectivity index (χ2v) is 17.4. The predicted molar refractivity (Wildman–Crippen MR) is 224 cm³/mol. The van der Waals surface area contributed by atoms with Gasteiger partial charge in [0.1, 0.15) is 0 Å². The van der Waals surface area contributed by atoms with E-state index in [1.54, 1.807) is 19.2 Å². The number of methoxy groups -OCH3 is 1. The number of likely N-dealkylation sites (tertiary alicyclic amines) is 1. The first-order chi connectivity index (χ1) is 26.3. The molecule has 2 amide bonds. The molecule has 12 heteroatoms. The summed E-state index contributed by atoms with van der Waals surface area (Å²) >= 11 is 0. The summed E-state index contributed by atoms with van der Waals surface area (Å²) in [6, 6.07) is 5.51. The maximum absolute atomic E-state index is 14.7. The van der Waals surface area contributed by atoms with Crippen molar-refractivity contribution in [3.8, 4) is 0 Å². The minimum atomic E-state index is -4.01. The second kappa shape index (κ2) is 23.8. The van der Waals surface area contributed by atoms with E-state index in [9.17, 15) is 18.0 Å². The van der Waals surface area contributed by atoms with Gasteiger partial charge in [-0.15, -0.1) is 6.58 Å². The molecule has 1 N–H and O–H groups in total. The third-order valence-corrected chi connectivity index (χ3v) is 12.1. The Bertz CT molecular complexity index is 1540. The van der Waals surface area contributed by atoms with Crippen molar-refractivity contribution in [2.45, 2.75) is 104 Å². The van der Waals surface area contributed by atoms with Gasteiger partial charge in [-0.3, -0.25) is 9.59 Å². The molecule has 3 unspecified atom stereocenters. The van der Waals surface area contributed by atoms with E-state index >= 15 is 0 Å². The van der Waals surface area contributed by atoms with Crippen molar-refractivity contribution in [1.82, 2.24) is 18.8 Å². The molecule has 2 fully saturated rings. The van der Waals surface area contributed by atoms with Crippen molar-refractivity contribution in [1.29, 1.82) is 0 Å². The fraction of sp³-hybridized carbons (Fsp3) is 0.674. The summed E-state index contributed by atoms with van der Waals surface area (Å²) in [4.78, 5) is 34.7. The zero-order valence-electron chi connectivity index (χ0n) is 35.0. The number of ether oxygens (including phenoxy) is 2. The van der Waals surface area contributed by atoms with E-state index in [0.29, 0.717) is 50.7 Å². The van der Waals surface area contributed by atoms with Gasteiger partial charge >= 0.3 is 10.2 Å². The van der Waals surface area contributed by atoms with Crippen LogP contribution in [0.4, 0.5) is 5.69 Å². The Labute approximate surface area is 333 Å². The molecule has 2 aliphatic rings. The molecular weight excluding hydrogens is 715 g/mol. The zero-order valence-corrected chi connectivity index (χ0v) is 35.8. The van der Waals surface area contributed by atoms with Crippen LogP contribution in [0.3, 0.4) is 0 Å². The molecule has 0 radical (unpaired) electrons. The Morgan fingerprint density at radius 3 is 2.47 bits per heavy atom. The normalized spacial score (nSPS) is 18.3. The van der Waals surface area contributed by atoms with Gasteiger partial charge in [0.15, 0.2) is 0 Å². The second-order valence-electron chi connectivity index (χ2n) is 15.6. The average molecular weight is 786 g/mol. The van der Waals surface area contributed by atoms with Crippen LogP contribution in [0.1, 0.15) is 108 Å². The largest absolute Gasteiger partial charge is 0.502 e. The van der Waals surface area contributed by atoms with Crippen molar-refractivity contribution in [2.75, 3.05) is 78.5 Å². The van der Waals surface area contributed by atoms with Gasteiger partial charge in [-0.2, -0.15) is 12.7 Å². The maximum atomic E-state index is 14.7. The molecule has 0 spiro atoms. The molecule has 2 heterocycles. The summed E-state index contributed by atoms with van der Waals surface area (Å²) in [5.41, 5.74) is 2.80. The number of rotatable bonds is 24. The highest BCUT2D eigenvalue weighted by Gasteiger charge is 2.30. The van der Waals surface area contributed by atoms with Gasteiger partial charge in [-0.1, -0.05) is 83.9 Å². The summed E-state index contributed by atoms with van der Waals surface area (Å²) < 4.78 is 40.2. The summed E-state index contributed by atoms with van der Waals surface area (Å²) in [5.74, 6) is 0.404. The van der Waals surface area contributed by atoms with E-state index in [-0.39, 0.29) is 23.5 Å². The number of carbonyl (C=O) groups excluding carboxylic acids is 2. The first kappa shape index (κ1) is 46.2. The summed E-state index contributed by atoms with van der Waals surface area (Å²) in [5, 5.41) is 0. The van der Waals surface area contributed by atoms with Crippen LogP contribution in [0, 0.1) is 11.8 Å². The molecule has 11 nitrogen and oxygen atoms in total. The van der Waals surface area contributed by atoms with Crippen LogP contribution in [0.5, 0.6) is 0 Å². The highest BCUT2D eigenvalue weighted by atomic mass is 32.2. The molecule has 0 aliphatic carbocycles. The van der Waals surface area contributed by atoms with E-state index in [0.717, 1.165) is 66.6 Å². The van der Waals surface area contributed by atoms with Crippen LogP contribution in [0.2, 0.25) is 0 Å². The number of hydrogen-bond acceptors (Lipinski definition) is 8. The summed E-state index contributed by atoms with van der Waals surface area (Å²) in [6.07, 6.45) is 17.8. The molecule has 0 aromatic heterocycles. The number of benzene rings is 1. The third kappa shape index (κ3) is 15.3. The van der Waals surface area contributed by atoms with Crippen molar-refractivity contribution < 1.29 is 27.5 Å². The number of morpholine rings is 1. The Morgan fingerprint density at radius 2 is 1.82 bits per heavy atom. The van der Waals surface area contributed by atoms with Crippen molar-refractivity contribution in [3.63, 3.8) is 0 Å². The Balaban J connectivity index is 2.09. The molecule has 0 bridgehead atoms. The lowest BCUT2D eigenvalue weighted by Crippen LogP contribution is -2.50. The number of amides is 2. The van der Waals surface area contributed by atoms with Gasteiger partial charge in [0.05, 0.1) is 25.6 Å². The number of unbranched alkanes of at least 4 members (excludes halogenated alkanes) is 3. The number of nitrogens with zero attached hydrogens (tertiary/aromatic N) is 4. The number of allylic oxidation sites excluding steroid dienone is 3. The van der Waals surface area contributed by atoms with Crippen LogP contribution in [0.15, 0.2) is 54.3 Å². The van der Waals surface area contributed by atoms with Gasteiger partial charge in [0.2, 0.25) is 0 Å². The van der Waals surface area contributed by atoms with Crippen LogP contribution in [-0.2, 0) is 30.9 Å². The van der Waals surface area contributed by atoms with Crippen LogP contribution in [0.25, 0.3) is 0 Å². The molecule has 55 heavy (non-hydrogen) atoms. The molecule has 3 rings (SSSR count). The number of hydrogen-bond donors (Lipinski definition) is 1. The van der Waals surface area contributed by atoms with E-state index in [2.05, 4.69) is 41.9 Å². The number of nitrogens with one attached hydrogen (secondary N) is 1. The maximum Gasteiger partial charge on any atom is 0.303 e. The predicted octanol–water partition coefficient (Wildman–Crippen LogP) is 6.97. The minimum absolute atomic E-state index is 0.0269. The number of carbonyl (C=O) groups is 2. The minimum Gasteiger partial charge on any atom is -0.502 e. The van der Waals surface area contributed by atoms with Crippen LogP contribution < -0.4 is 9.62 Å². The van der Waals surface area contributed by atoms with Crippen molar-refractivity contribution >= 4 is 27.7 Å². The molecule has 2 saturated heterocycles. The summed E-state index contributed by atoms with van der Waals surface area (Å²) in [7, 11) is 0.401. The summed E-state index contributed by atoms with van der Waals surface area (Å²) in [6.45, 7) is 17.8. The first-order valence-corrected chi connectivity index (χ1v) is 22.0. The molecule has 1 aromatic rings. The molecule has 2 aliphatic heterocycles. The van der Waals surface area contributed by atoms with Gasteiger partial charge in [-0.25, -0.2) is 4.72 Å². The van der Waals surface area contributed by atoms with Crippen LogP contribution in [-0.4, -0.2) is 114 Å². The lowest BCUT2D eigenvalue weighted by Gasteiger charge is -2.36. The van der Waals surface area contributed by atoms with Gasteiger partial charge in [0.25, 0.3) is 11.8 Å². The highest BCUT2D eigenvalue weighted by Crippen LogP contribution is 2.31. The Kier molecular flexibility index (Phi) is 20.0. The first-order valence-electron chi connectivity index (χ1n) is 20.6. The third-order valence-electron chi connectivity index (χ3n) is 10.7. The van der Waals surface area contributed by atoms with E-state index < -0.39 is 16.1 Å². The van der Waals surface area contributed by atoms with Crippen LogP contribution >= 0.6 is 0 Å². The molecular formula is C43H71N5O6S. The standard InChI is InChI=1S/C43H71N5O6S/c1-9-12-14-15-19-36(18-11-3)29-37-20-21-38(42(49)44-55(51,52)45(6)7)30-41(37)47(24-13-10-2)31-39(28-34(4)27-35(5)53-8)43(50)48-25-26-54-40(33-48)32-46-22-16-17-23-46/h10,20-21,27-28,30,34,36,40H,2,9,11-19,22-26,29,31-33H2,1,3-8H3,(H,44,49)/b35-27+,39-28+. The van der Waals surface area contributed by atoms with E-state index in [1.165, 1.54) is 52.6 Å². The zero-order chi connectivity index (χ0) is 40.4. The quantitative estimate of drug-likeness (QED) is 0.0518. The lowest BCUT2D eigenvalue weighted by molar-refractivity contribution is -0.135. The van der Waals surface area contributed by atoms with Gasteiger partial charge in [0, 0.05) is 63.6 Å². The lowest BCUT2D eigenvalue weighted by atomic mass is 9.88. The fourth-order valence-corrected chi connectivity index (χ4v) is 8.10. The highest BCUT2D eigenvalue weighted by molar-refractivity contribution is 7.87. The molecule has 0 saturated carbocycles. The molecule has 310 valence electrons.